The molecule has 0 spiro atoms. The number of aromatic nitrogens is 6. The summed E-state index contributed by atoms with van der Waals surface area (Å²) in [4.78, 5) is 8.76. The summed E-state index contributed by atoms with van der Waals surface area (Å²) in [6.45, 7) is 2.61. The van der Waals surface area contributed by atoms with Crippen molar-refractivity contribution < 1.29 is 0 Å². The Labute approximate surface area is 185 Å². The van der Waals surface area contributed by atoms with Crippen LogP contribution in [-0.4, -0.2) is 29.5 Å². The van der Waals surface area contributed by atoms with Crippen LogP contribution in [0.25, 0.3) is 11.0 Å². The summed E-state index contributed by atoms with van der Waals surface area (Å²) in [7, 11) is 0. The molecule has 0 unspecified atom stereocenters. The average Bonchev–Trinajstić information content (AvgIpc) is 3.49. The first-order chi connectivity index (χ1) is 15.8. The molecule has 0 fully saturated rings. The van der Waals surface area contributed by atoms with Gasteiger partial charge in [0, 0.05) is 31.7 Å². The molecule has 0 aliphatic rings. The van der Waals surface area contributed by atoms with Crippen LogP contribution in [0.15, 0.2) is 79.5 Å². The molecule has 160 valence electrons. The van der Waals surface area contributed by atoms with Crippen molar-refractivity contribution in [1.82, 2.24) is 29.5 Å². The molecule has 0 radical (unpaired) electrons. The molecule has 2 aromatic carbocycles. The van der Waals surface area contributed by atoms with Crippen LogP contribution in [-0.2, 0) is 26.2 Å². The maximum atomic E-state index is 5.75. The number of rotatable bonds is 8. The Hall–Kier alpha value is -4.04. The van der Waals surface area contributed by atoms with E-state index in [1.165, 1.54) is 11.1 Å². The van der Waals surface area contributed by atoms with Crippen LogP contribution in [0.3, 0.4) is 0 Å². The predicted octanol–water partition coefficient (Wildman–Crippen LogP) is 3.19. The summed E-state index contributed by atoms with van der Waals surface area (Å²) < 4.78 is 3.82. The van der Waals surface area contributed by atoms with Gasteiger partial charge in [0.2, 0.25) is 0 Å². The highest BCUT2D eigenvalue weighted by Gasteiger charge is 2.09. The van der Waals surface area contributed by atoms with Crippen LogP contribution in [0.4, 0.5) is 5.82 Å². The lowest BCUT2D eigenvalue weighted by molar-refractivity contribution is 0.681. The largest absolute Gasteiger partial charge is 0.365 e. The van der Waals surface area contributed by atoms with E-state index in [0.717, 1.165) is 28.9 Å². The second-order valence-electron chi connectivity index (χ2n) is 7.68. The van der Waals surface area contributed by atoms with E-state index in [0.29, 0.717) is 25.3 Å². The number of nitrogens with one attached hydrogen (secondary N) is 1. The molecular weight excluding hydrogens is 400 g/mol. The van der Waals surface area contributed by atoms with Crippen LogP contribution in [0.2, 0.25) is 0 Å². The number of hydrogen-bond acceptors (Lipinski definition) is 6. The summed E-state index contributed by atoms with van der Waals surface area (Å²) in [5.41, 5.74) is 11.1. The van der Waals surface area contributed by atoms with Crippen LogP contribution in [0.1, 0.15) is 22.3 Å². The highest BCUT2D eigenvalue weighted by Crippen LogP contribution is 2.20. The SMILES string of the molecule is NCc1cccc(CNc2ncnc3nn(Cc4ccc(Cn5cccn5)cc4)cc23)c1. The highest BCUT2D eigenvalue weighted by molar-refractivity contribution is 5.85. The standard InChI is InChI=1S/C24H24N8/c25-12-20-3-1-4-21(11-20)13-26-23-22-16-32(30-24(22)28-17-27-23)15-19-7-5-18(6-8-19)14-31-10-2-9-29-31/h1-11,16-17H,12-15,25H2,(H,26,27,28,30). The lowest BCUT2D eigenvalue weighted by Crippen LogP contribution is -2.03. The first-order valence-electron chi connectivity index (χ1n) is 10.5. The Morgan fingerprint density at radius 2 is 1.62 bits per heavy atom. The smallest absolute Gasteiger partial charge is 0.186 e. The second-order valence-corrected chi connectivity index (χ2v) is 7.68. The molecule has 8 heteroatoms. The van der Waals surface area contributed by atoms with Gasteiger partial charge in [0.15, 0.2) is 5.65 Å². The van der Waals surface area contributed by atoms with Gasteiger partial charge in [0.1, 0.15) is 12.1 Å². The molecule has 0 aliphatic carbocycles. The predicted molar refractivity (Wildman–Crippen MR) is 124 cm³/mol. The van der Waals surface area contributed by atoms with Gasteiger partial charge >= 0.3 is 0 Å². The third-order valence-electron chi connectivity index (χ3n) is 5.32. The number of hydrogen-bond donors (Lipinski definition) is 2. The third-order valence-corrected chi connectivity index (χ3v) is 5.32. The number of fused-ring (bicyclic) bond motifs is 1. The van der Waals surface area contributed by atoms with E-state index in [9.17, 15) is 0 Å². The van der Waals surface area contributed by atoms with Crippen molar-refractivity contribution in [3.8, 4) is 0 Å². The molecule has 0 saturated carbocycles. The van der Waals surface area contributed by atoms with Gasteiger partial charge in [0.25, 0.3) is 0 Å². The van der Waals surface area contributed by atoms with Crippen LogP contribution in [0, 0.1) is 0 Å². The van der Waals surface area contributed by atoms with E-state index in [4.69, 9.17) is 5.73 Å². The maximum Gasteiger partial charge on any atom is 0.186 e. The van der Waals surface area contributed by atoms with E-state index in [2.05, 4.69) is 61.9 Å². The Morgan fingerprint density at radius 3 is 2.38 bits per heavy atom. The Bertz CT molecular complexity index is 1310. The molecule has 0 amide bonds. The van der Waals surface area contributed by atoms with Gasteiger partial charge in [0.05, 0.1) is 18.5 Å². The second kappa shape index (κ2) is 8.99. The van der Waals surface area contributed by atoms with Crippen molar-refractivity contribution >= 4 is 16.9 Å². The Balaban J connectivity index is 1.29. The molecule has 0 bridgehead atoms. The Morgan fingerprint density at radius 1 is 0.844 bits per heavy atom. The monoisotopic (exact) mass is 424 g/mol. The maximum absolute atomic E-state index is 5.75. The van der Waals surface area contributed by atoms with E-state index in [-0.39, 0.29) is 0 Å². The minimum Gasteiger partial charge on any atom is -0.365 e. The van der Waals surface area contributed by atoms with E-state index in [1.807, 2.05) is 40.0 Å². The highest BCUT2D eigenvalue weighted by atomic mass is 15.3. The third kappa shape index (κ3) is 4.50. The number of nitrogens with zero attached hydrogens (tertiary/aromatic N) is 6. The van der Waals surface area contributed by atoms with E-state index in [1.54, 1.807) is 12.5 Å². The molecule has 5 rings (SSSR count). The quantitative estimate of drug-likeness (QED) is 0.397. The molecule has 3 N–H and O–H groups in total. The fourth-order valence-corrected chi connectivity index (χ4v) is 3.68. The van der Waals surface area contributed by atoms with Crippen LogP contribution >= 0.6 is 0 Å². The van der Waals surface area contributed by atoms with Gasteiger partial charge in [-0.25, -0.2) is 9.97 Å². The normalized spacial score (nSPS) is 11.2. The van der Waals surface area contributed by atoms with Crippen molar-refractivity contribution in [2.24, 2.45) is 5.73 Å². The van der Waals surface area contributed by atoms with Gasteiger partial charge in [-0.1, -0.05) is 48.5 Å². The first-order valence-corrected chi connectivity index (χ1v) is 10.5. The minimum atomic E-state index is 0.530. The lowest BCUT2D eigenvalue weighted by Gasteiger charge is -2.07. The molecule has 3 aromatic heterocycles. The summed E-state index contributed by atoms with van der Waals surface area (Å²) in [5, 5.41) is 13.2. The van der Waals surface area contributed by atoms with Gasteiger partial charge < -0.3 is 11.1 Å². The van der Waals surface area contributed by atoms with Gasteiger partial charge in [-0.15, -0.1) is 0 Å². The van der Waals surface area contributed by atoms with Gasteiger partial charge in [-0.05, 0) is 28.3 Å². The van der Waals surface area contributed by atoms with Crippen molar-refractivity contribution in [3.05, 3.63) is 102 Å². The molecular formula is C24H24N8. The fourth-order valence-electron chi connectivity index (χ4n) is 3.68. The van der Waals surface area contributed by atoms with E-state index < -0.39 is 0 Å². The first kappa shape index (κ1) is 19.9. The molecule has 5 aromatic rings. The van der Waals surface area contributed by atoms with Crippen molar-refractivity contribution in [2.75, 3.05) is 5.32 Å². The zero-order valence-electron chi connectivity index (χ0n) is 17.6. The molecule has 32 heavy (non-hydrogen) atoms. The lowest BCUT2D eigenvalue weighted by atomic mass is 10.1. The van der Waals surface area contributed by atoms with Gasteiger partial charge in [-0.3, -0.25) is 9.36 Å². The van der Waals surface area contributed by atoms with Crippen molar-refractivity contribution in [1.29, 1.82) is 0 Å². The number of benzene rings is 2. The molecule has 8 nitrogen and oxygen atoms in total. The summed E-state index contributed by atoms with van der Waals surface area (Å²) in [6, 6.07) is 18.7. The average molecular weight is 425 g/mol. The molecule has 0 saturated heterocycles. The van der Waals surface area contributed by atoms with Crippen molar-refractivity contribution in [2.45, 2.75) is 26.2 Å². The fraction of sp³-hybridized carbons (Fsp3) is 0.167. The molecule has 3 heterocycles. The van der Waals surface area contributed by atoms with Crippen LogP contribution in [0.5, 0.6) is 0 Å². The van der Waals surface area contributed by atoms with Crippen LogP contribution < -0.4 is 11.1 Å². The topological polar surface area (TPSA) is 99.5 Å². The number of anilines is 1. The summed E-state index contributed by atoms with van der Waals surface area (Å²) in [6.07, 6.45) is 7.29. The molecule has 0 aliphatic heterocycles. The molecule has 0 atom stereocenters. The van der Waals surface area contributed by atoms with Gasteiger partial charge in [-0.2, -0.15) is 10.2 Å². The zero-order valence-corrected chi connectivity index (χ0v) is 17.6. The summed E-state index contributed by atoms with van der Waals surface area (Å²) >= 11 is 0. The minimum absolute atomic E-state index is 0.530. The number of nitrogens with two attached hydrogens (primary N) is 1. The van der Waals surface area contributed by atoms with E-state index >= 15 is 0 Å². The summed E-state index contributed by atoms with van der Waals surface area (Å²) in [5.74, 6) is 0.772. The zero-order chi connectivity index (χ0) is 21.8. The van der Waals surface area contributed by atoms with Crippen molar-refractivity contribution in [3.63, 3.8) is 0 Å². The Kier molecular flexibility index (Phi) is 5.59.